The number of anilines is 1. The van der Waals surface area contributed by atoms with Crippen molar-refractivity contribution in [1.82, 2.24) is 9.29 Å². The number of nitrogens with zero attached hydrogens (tertiary/aromatic N) is 2. The molecule has 0 saturated carbocycles. The van der Waals surface area contributed by atoms with E-state index in [2.05, 4.69) is 10.3 Å². The summed E-state index contributed by atoms with van der Waals surface area (Å²) in [7, 11) is -3.59. The largest absolute Gasteiger partial charge is 0.416 e. The number of ether oxygens (including phenoxy) is 1. The average molecular weight is 415 g/mol. The van der Waals surface area contributed by atoms with Gasteiger partial charge < -0.3 is 10.1 Å². The fourth-order valence-corrected chi connectivity index (χ4v) is 4.12. The van der Waals surface area contributed by atoms with E-state index in [-0.39, 0.29) is 4.90 Å². The van der Waals surface area contributed by atoms with Crippen LogP contribution in [-0.4, -0.2) is 50.6 Å². The third-order valence-electron chi connectivity index (χ3n) is 4.35. The van der Waals surface area contributed by atoms with Crippen molar-refractivity contribution in [3.63, 3.8) is 0 Å². The molecule has 6 nitrogen and oxygen atoms in total. The molecule has 0 amide bonds. The third-order valence-corrected chi connectivity index (χ3v) is 6.23. The molecule has 1 N–H and O–H groups in total. The summed E-state index contributed by atoms with van der Waals surface area (Å²) in [6, 6.07) is 8.04. The lowest BCUT2D eigenvalue weighted by Crippen LogP contribution is -2.40. The van der Waals surface area contributed by atoms with Gasteiger partial charge in [0.05, 0.1) is 18.8 Å². The van der Waals surface area contributed by atoms with Crippen molar-refractivity contribution in [1.29, 1.82) is 0 Å². The molecule has 0 radical (unpaired) electrons. The van der Waals surface area contributed by atoms with E-state index in [0.29, 0.717) is 45.1 Å². The maximum atomic E-state index is 12.6. The van der Waals surface area contributed by atoms with Crippen molar-refractivity contribution >= 4 is 15.8 Å². The summed E-state index contributed by atoms with van der Waals surface area (Å²) in [6.07, 6.45) is -2.54. The van der Waals surface area contributed by atoms with Crippen molar-refractivity contribution in [2.45, 2.75) is 17.5 Å². The topological polar surface area (TPSA) is 71.5 Å². The van der Waals surface area contributed by atoms with Crippen molar-refractivity contribution < 1.29 is 26.3 Å². The summed E-state index contributed by atoms with van der Waals surface area (Å²) in [5.41, 5.74) is 0.0787. The van der Waals surface area contributed by atoms with Crippen LogP contribution in [0.1, 0.15) is 11.1 Å². The number of halogens is 3. The molecule has 1 saturated heterocycles. The Kier molecular flexibility index (Phi) is 6.21. The Morgan fingerprint density at radius 1 is 1.07 bits per heavy atom. The monoisotopic (exact) mass is 415 g/mol. The molecule has 0 aliphatic carbocycles. The van der Waals surface area contributed by atoms with E-state index in [1.165, 1.54) is 28.7 Å². The number of alkyl halides is 3. The maximum Gasteiger partial charge on any atom is 0.416 e. The van der Waals surface area contributed by atoms with E-state index in [1.807, 2.05) is 0 Å². The Morgan fingerprint density at radius 3 is 2.32 bits per heavy atom. The summed E-state index contributed by atoms with van der Waals surface area (Å²) in [4.78, 5) is 4.23. The summed E-state index contributed by atoms with van der Waals surface area (Å²) in [5.74, 6) is 0.493. The van der Waals surface area contributed by atoms with E-state index >= 15 is 0 Å². The van der Waals surface area contributed by atoms with Gasteiger partial charge in [0.25, 0.3) is 0 Å². The highest BCUT2D eigenvalue weighted by Crippen LogP contribution is 2.29. The molecule has 1 aromatic carbocycles. The first-order chi connectivity index (χ1) is 13.3. The SMILES string of the molecule is O=S(=O)(c1ccc(NCCc2ccc(C(F)(F)F)cc2)nc1)N1CCOCC1. The highest BCUT2D eigenvalue weighted by Gasteiger charge is 2.30. The highest BCUT2D eigenvalue weighted by molar-refractivity contribution is 7.89. The smallest absolute Gasteiger partial charge is 0.379 e. The minimum absolute atomic E-state index is 0.114. The zero-order valence-corrected chi connectivity index (χ0v) is 15.8. The van der Waals surface area contributed by atoms with Crippen LogP contribution in [0.2, 0.25) is 0 Å². The molecule has 1 aliphatic rings. The van der Waals surface area contributed by atoms with E-state index in [9.17, 15) is 21.6 Å². The lowest BCUT2D eigenvalue weighted by Gasteiger charge is -2.25. The first-order valence-electron chi connectivity index (χ1n) is 8.71. The van der Waals surface area contributed by atoms with Gasteiger partial charge in [-0.3, -0.25) is 0 Å². The van der Waals surface area contributed by atoms with Crippen LogP contribution in [0.25, 0.3) is 0 Å². The van der Waals surface area contributed by atoms with Gasteiger partial charge in [-0.15, -0.1) is 0 Å². The Balaban J connectivity index is 1.54. The molecule has 3 rings (SSSR count). The minimum Gasteiger partial charge on any atom is -0.379 e. The predicted octanol–water partition coefficient (Wildman–Crippen LogP) is 2.78. The second-order valence-corrected chi connectivity index (χ2v) is 8.20. The van der Waals surface area contributed by atoms with Gasteiger partial charge in [-0.25, -0.2) is 13.4 Å². The molecule has 2 aromatic rings. The minimum atomic E-state index is -4.34. The van der Waals surface area contributed by atoms with Gasteiger partial charge in [-0.2, -0.15) is 17.5 Å². The number of morpholine rings is 1. The van der Waals surface area contributed by atoms with Crippen LogP contribution in [0.4, 0.5) is 19.0 Å². The number of nitrogens with one attached hydrogen (secondary N) is 1. The van der Waals surface area contributed by atoms with Gasteiger partial charge in [0.2, 0.25) is 10.0 Å². The van der Waals surface area contributed by atoms with Crippen LogP contribution in [0, 0.1) is 0 Å². The number of sulfonamides is 1. The highest BCUT2D eigenvalue weighted by atomic mass is 32.2. The lowest BCUT2D eigenvalue weighted by atomic mass is 10.1. The fraction of sp³-hybridized carbons (Fsp3) is 0.389. The summed E-state index contributed by atoms with van der Waals surface area (Å²) < 4.78 is 69.3. The molecular weight excluding hydrogens is 395 g/mol. The molecule has 0 atom stereocenters. The van der Waals surface area contributed by atoms with Crippen molar-refractivity contribution in [2.75, 3.05) is 38.2 Å². The van der Waals surface area contributed by atoms with E-state index in [1.54, 1.807) is 6.07 Å². The number of pyridine rings is 1. The first kappa shape index (κ1) is 20.6. The van der Waals surface area contributed by atoms with Gasteiger partial charge in [0.1, 0.15) is 10.7 Å². The molecule has 10 heteroatoms. The van der Waals surface area contributed by atoms with Crippen LogP contribution in [0.5, 0.6) is 0 Å². The average Bonchev–Trinajstić information content (AvgIpc) is 2.69. The molecule has 28 heavy (non-hydrogen) atoms. The van der Waals surface area contributed by atoms with Gasteiger partial charge in [-0.05, 0) is 36.2 Å². The van der Waals surface area contributed by atoms with Gasteiger partial charge >= 0.3 is 6.18 Å². The maximum absolute atomic E-state index is 12.6. The Hall–Kier alpha value is -2.17. The van der Waals surface area contributed by atoms with Crippen LogP contribution in [0.15, 0.2) is 47.5 Å². The van der Waals surface area contributed by atoms with Crippen LogP contribution in [0.3, 0.4) is 0 Å². The number of aromatic nitrogens is 1. The van der Waals surface area contributed by atoms with Gasteiger partial charge in [0, 0.05) is 25.8 Å². The number of rotatable bonds is 6. The zero-order valence-electron chi connectivity index (χ0n) is 14.9. The van der Waals surface area contributed by atoms with Crippen LogP contribution < -0.4 is 5.32 Å². The van der Waals surface area contributed by atoms with Crippen LogP contribution >= 0.6 is 0 Å². The number of hydrogen-bond acceptors (Lipinski definition) is 5. The van der Waals surface area contributed by atoms with Crippen molar-refractivity contribution in [3.8, 4) is 0 Å². The molecular formula is C18H20F3N3O3S. The van der Waals surface area contributed by atoms with Crippen molar-refractivity contribution in [2.24, 2.45) is 0 Å². The molecule has 0 bridgehead atoms. The normalized spacial score (nSPS) is 16.1. The number of benzene rings is 1. The Bertz CT molecular complexity index is 879. The predicted molar refractivity (Wildman–Crippen MR) is 97.5 cm³/mol. The zero-order chi connectivity index (χ0) is 20.2. The molecule has 1 fully saturated rings. The molecule has 0 unspecified atom stereocenters. The fourth-order valence-electron chi connectivity index (χ4n) is 2.77. The van der Waals surface area contributed by atoms with E-state index < -0.39 is 21.8 Å². The third kappa shape index (κ3) is 5.00. The Labute approximate surface area is 161 Å². The number of hydrogen-bond donors (Lipinski definition) is 1. The molecule has 152 valence electrons. The first-order valence-corrected chi connectivity index (χ1v) is 10.1. The quantitative estimate of drug-likeness (QED) is 0.786. The van der Waals surface area contributed by atoms with Crippen LogP contribution in [-0.2, 0) is 27.4 Å². The molecule has 0 spiro atoms. The van der Waals surface area contributed by atoms with Gasteiger partial charge in [-0.1, -0.05) is 12.1 Å². The van der Waals surface area contributed by atoms with Crippen molar-refractivity contribution in [3.05, 3.63) is 53.7 Å². The lowest BCUT2D eigenvalue weighted by molar-refractivity contribution is -0.137. The second kappa shape index (κ2) is 8.46. The summed E-state index contributed by atoms with van der Waals surface area (Å²) in [6.45, 7) is 1.82. The standard InChI is InChI=1S/C18H20F3N3O3S/c19-18(20,21)15-3-1-14(2-4-15)7-8-22-17-6-5-16(13-23-17)28(25,26)24-9-11-27-12-10-24/h1-6,13H,7-12H2,(H,22,23). The summed E-state index contributed by atoms with van der Waals surface area (Å²) in [5, 5.41) is 3.03. The Morgan fingerprint density at radius 2 is 1.75 bits per heavy atom. The second-order valence-electron chi connectivity index (χ2n) is 6.27. The van der Waals surface area contributed by atoms with E-state index in [0.717, 1.165) is 17.7 Å². The van der Waals surface area contributed by atoms with Gasteiger partial charge in [0.15, 0.2) is 0 Å². The molecule has 2 heterocycles. The molecule has 1 aliphatic heterocycles. The molecule has 1 aromatic heterocycles. The van der Waals surface area contributed by atoms with E-state index in [4.69, 9.17) is 4.74 Å². The summed E-state index contributed by atoms with van der Waals surface area (Å²) >= 11 is 0.